The maximum Gasteiger partial charge on any atom is 0.219 e. The van der Waals surface area contributed by atoms with Crippen molar-refractivity contribution in [1.82, 2.24) is 5.32 Å². The van der Waals surface area contributed by atoms with Crippen molar-refractivity contribution < 1.29 is 9.53 Å². The fourth-order valence-electron chi connectivity index (χ4n) is 0.992. The van der Waals surface area contributed by atoms with Crippen LogP contribution in [-0.2, 0) is 9.53 Å². The van der Waals surface area contributed by atoms with E-state index in [9.17, 15) is 4.79 Å². The van der Waals surface area contributed by atoms with Gasteiger partial charge in [-0.05, 0) is 33.6 Å². The first kappa shape index (κ1) is 12.4. The smallest absolute Gasteiger partial charge is 0.219 e. The number of rotatable bonds is 7. The molecular weight excluding hydrogens is 166 g/mol. The minimum Gasteiger partial charge on any atom is -0.379 e. The van der Waals surface area contributed by atoms with Gasteiger partial charge in [-0.15, -0.1) is 0 Å². The van der Waals surface area contributed by atoms with Crippen LogP contribution in [0.3, 0.4) is 0 Å². The zero-order chi connectivity index (χ0) is 10.1. The first-order valence-electron chi connectivity index (χ1n) is 5.05. The van der Waals surface area contributed by atoms with Gasteiger partial charge in [-0.2, -0.15) is 0 Å². The third-order valence-electron chi connectivity index (χ3n) is 1.62. The van der Waals surface area contributed by atoms with Gasteiger partial charge in [0.05, 0.1) is 6.10 Å². The Morgan fingerprint density at radius 1 is 1.38 bits per heavy atom. The summed E-state index contributed by atoms with van der Waals surface area (Å²) in [5.74, 6) is 0.145. The normalized spacial score (nSPS) is 10.5. The van der Waals surface area contributed by atoms with Gasteiger partial charge in [0.2, 0.25) is 5.91 Å². The molecule has 3 nitrogen and oxygen atoms in total. The van der Waals surface area contributed by atoms with Crippen LogP contribution < -0.4 is 5.32 Å². The number of hydrogen-bond donors (Lipinski definition) is 1. The molecule has 0 heterocycles. The van der Waals surface area contributed by atoms with Crippen LogP contribution in [0.2, 0.25) is 0 Å². The topological polar surface area (TPSA) is 38.3 Å². The van der Waals surface area contributed by atoms with E-state index in [2.05, 4.69) is 5.32 Å². The molecule has 0 saturated heterocycles. The van der Waals surface area contributed by atoms with Gasteiger partial charge in [0.25, 0.3) is 0 Å². The van der Waals surface area contributed by atoms with Gasteiger partial charge in [-0.1, -0.05) is 0 Å². The van der Waals surface area contributed by atoms with E-state index < -0.39 is 0 Å². The van der Waals surface area contributed by atoms with Crippen molar-refractivity contribution in [2.24, 2.45) is 0 Å². The van der Waals surface area contributed by atoms with E-state index in [1.54, 1.807) is 0 Å². The molecule has 0 fully saturated rings. The number of nitrogens with one attached hydrogen (secondary N) is 1. The van der Waals surface area contributed by atoms with Crippen molar-refractivity contribution in [1.29, 1.82) is 0 Å². The Kier molecular flexibility index (Phi) is 7.69. The molecule has 0 aromatic heterocycles. The predicted molar refractivity (Wildman–Crippen MR) is 53.6 cm³/mol. The summed E-state index contributed by atoms with van der Waals surface area (Å²) in [6.45, 7) is 7.45. The van der Waals surface area contributed by atoms with E-state index in [1.807, 2.05) is 20.8 Å². The van der Waals surface area contributed by atoms with Gasteiger partial charge in [-0.3, -0.25) is 4.79 Å². The zero-order valence-electron chi connectivity index (χ0n) is 8.93. The van der Waals surface area contributed by atoms with Crippen LogP contribution in [0.15, 0.2) is 0 Å². The highest BCUT2D eigenvalue weighted by molar-refractivity contribution is 5.75. The van der Waals surface area contributed by atoms with Crippen LogP contribution in [0, 0.1) is 0 Å². The fraction of sp³-hybridized carbons (Fsp3) is 0.900. The minimum absolute atomic E-state index is 0.145. The van der Waals surface area contributed by atoms with Crippen LogP contribution in [0.1, 0.15) is 40.0 Å². The fourth-order valence-corrected chi connectivity index (χ4v) is 0.992. The first-order valence-corrected chi connectivity index (χ1v) is 5.05. The number of unbranched alkanes of at least 4 members (excludes halogenated alkanes) is 1. The highest BCUT2D eigenvalue weighted by Crippen LogP contribution is 1.97. The highest BCUT2D eigenvalue weighted by atomic mass is 16.5. The third-order valence-corrected chi connectivity index (χ3v) is 1.62. The van der Waals surface area contributed by atoms with E-state index in [1.165, 1.54) is 0 Å². The number of ether oxygens (including phenoxy) is 1. The second-order valence-corrected chi connectivity index (χ2v) is 3.33. The van der Waals surface area contributed by atoms with Gasteiger partial charge >= 0.3 is 0 Å². The lowest BCUT2D eigenvalue weighted by molar-refractivity contribution is -0.121. The third kappa shape index (κ3) is 9.34. The number of amides is 1. The molecule has 1 N–H and O–H groups in total. The summed E-state index contributed by atoms with van der Waals surface area (Å²) < 4.78 is 5.35. The minimum atomic E-state index is 0.145. The van der Waals surface area contributed by atoms with E-state index in [0.717, 1.165) is 26.0 Å². The summed E-state index contributed by atoms with van der Waals surface area (Å²) in [5.41, 5.74) is 0. The molecule has 0 aromatic carbocycles. The maximum atomic E-state index is 11.0. The molecule has 0 saturated carbocycles. The van der Waals surface area contributed by atoms with Gasteiger partial charge < -0.3 is 10.1 Å². The van der Waals surface area contributed by atoms with Crippen LogP contribution >= 0.6 is 0 Å². The van der Waals surface area contributed by atoms with Gasteiger partial charge in [0.15, 0.2) is 0 Å². The molecule has 0 aromatic rings. The highest BCUT2D eigenvalue weighted by Gasteiger charge is 1.99. The maximum absolute atomic E-state index is 11.0. The Morgan fingerprint density at radius 2 is 2.08 bits per heavy atom. The summed E-state index contributed by atoms with van der Waals surface area (Å²) in [6, 6.07) is 0. The molecular formula is C10H21NO2. The van der Waals surface area contributed by atoms with Crippen LogP contribution in [-0.4, -0.2) is 25.2 Å². The molecule has 0 radical (unpaired) electrons. The largest absolute Gasteiger partial charge is 0.379 e. The van der Waals surface area contributed by atoms with Crippen molar-refractivity contribution in [3.63, 3.8) is 0 Å². The van der Waals surface area contributed by atoms with Gasteiger partial charge in [-0.25, -0.2) is 0 Å². The standard InChI is InChI=1S/C10H21NO2/c1-4-11-10(12)7-5-6-8-13-9(2)3/h9H,4-8H2,1-3H3,(H,11,12). The molecule has 78 valence electrons. The van der Waals surface area contributed by atoms with Crippen LogP contribution in [0.25, 0.3) is 0 Å². The number of hydrogen-bond acceptors (Lipinski definition) is 2. The second kappa shape index (κ2) is 8.05. The first-order chi connectivity index (χ1) is 6.16. The van der Waals surface area contributed by atoms with Gasteiger partial charge in [0, 0.05) is 19.6 Å². The number of carbonyl (C=O) groups is 1. The van der Waals surface area contributed by atoms with E-state index in [4.69, 9.17) is 4.74 Å². The molecule has 0 unspecified atom stereocenters. The Hall–Kier alpha value is -0.570. The molecule has 0 aliphatic heterocycles. The predicted octanol–water partition coefficient (Wildman–Crippen LogP) is 1.72. The van der Waals surface area contributed by atoms with Crippen molar-refractivity contribution in [2.75, 3.05) is 13.2 Å². The molecule has 3 heteroatoms. The number of carbonyl (C=O) groups excluding carboxylic acids is 1. The molecule has 0 aliphatic rings. The SMILES string of the molecule is CCNC(=O)CCCCOC(C)C. The summed E-state index contributed by atoms with van der Waals surface area (Å²) in [5, 5.41) is 2.77. The van der Waals surface area contributed by atoms with Crippen LogP contribution in [0.4, 0.5) is 0 Å². The zero-order valence-corrected chi connectivity index (χ0v) is 8.93. The summed E-state index contributed by atoms with van der Waals surface area (Å²) in [4.78, 5) is 11.0. The molecule has 1 amide bonds. The van der Waals surface area contributed by atoms with Crippen molar-refractivity contribution >= 4 is 5.91 Å². The second-order valence-electron chi connectivity index (χ2n) is 3.33. The lowest BCUT2D eigenvalue weighted by atomic mass is 10.2. The lowest BCUT2D eigenvalue weighted by Gasteiger charge is -2.06. The van der Waals surface area contributed by atoms with E-state index in [-0.39, 0.29) is 5.91 Å². The molecule has 13 heavy (non-hydrogen) atoms. The quantitative estimate of drug-likeness (QED) is 0.616. The van der Waals surface area contributed by atoms with Gasteiger partial charge in [0.1, 0.15) is 0 Å². The average Bonchev–Trinajstić information content (AvgIpc) is 2.03. The molecule has 0 spiro atoms. The Bertz CT molecular complexity index is 135. The van der Waals surface area contributed by atoms with Crippen molar-refractivity contribution in [3.8, 4) is 0 Å². The molecule has 0 bridgehead atoms. The monoisotopic (exact) mass is 187 g/mol. The summed E-state index contributed by atoms with van der Waals surface area (Å²) in [6.07, 6.45) is 2.80. The Labute approximate surface area is 80.8 Å². The van der Waals surface area contributed by atoms with Crippen molar-refractivity contribution in [3.05, 3.63) is 0 Å². The van der Waals surface area contributed by atoms with E-state index >= 15 is 0 Å². The van der Waals surface area contributed by atoms with E-state index in [0.29, 0.717) is 12.5 Å². The Balaban J connectivity index is 3.11. The molecule has 0 aliphatic carbocycles. The summed E-state index contributed by atoms with van der Waals surface area (Å²) in [7, 11) is 0. The summed E-state index contributed by atoms with van der Waals surface area (Å²) >= 11 is 0. The van der Waals surface area contributed by atoms with Crippen LogP contribution in [0.5, 0.6) is 0 Å². The lowest BCUT2D eigenvalue weighted by Crippen LogP contribution is -2.22. The average molecular weight is 187 g/mol. The molecule has 0 rings (SSSR count). The molecule has 0 atom stereocenters. The Morgan fingerprint density at radius 3 is 2.62 bits per heavy atom. The van der Waals surface area contributed by atoms with Crippen molar-refractivity contribution in [2.45, 2.75) is 46.1 Å².